The lowest BCUT2D eigenvalue weighted by molar-refractivity contribution is -0.116. The number of fused-ring (bicyclic) bond motifs is 1. The summed E-state index contributed by atoms with van der Waals surface area (Å²) in [6.45, 7) is 1.55. The lowest BCUT2D eigenvalue weighted by atomic mass is 10.1. The maximum Gasteiger partial charge on any atom is 0.247 e. The highest BCUT2D eigenvalue weighted by atomic mass is 35.5. The van der Waals surface area contributed by atoms with E-state index in [-0.39, 0.29) is 0 Å². The van der Waals surface area contributed by atoms with Crippen LogP contribution in [0.1, 0.15) is 6.92 Å². The summed E-state index contributed by atoms with van der Waals surface area (Å²) in [4.78, 5) is 12.7. The SMILES string of the molecule is C[C@@H](C(=O)Nc1ccc2ccccc2c1)N(c1ccc(Cl)cc1)S(C)(=O)=O. The second-order valence-corrected chi connectivity index (χ2v) is 8.56. The number of benzene rings is 3. The molecule has 5 nitrogen and oxygen atoms in total. The molecule has 0 saturated carbocycles. The molecule has 0 aliphatic rings. The highest BCUT2D eigenvalue weighted by Gasteiger charge is 2.29. The summed E-state index contributed by atoms with van der Waals surface area (Å²) in [6, 6.07) is 18.7. The van der Waals surface area contributed by atoms with Crippen molar-refractivity contribution in [1.82, 2.24) is 0 Å². The van der Waals surface area contributed by atoms with E-state index in [0.29, 0.717) is 16.4 Å². The summed E-state index contributed by atoms with van der Waals surface area (Å²) in [7, 11) is -3.67. The Hall–Kier alpha value is -2.57. The molecule has 0 unspecified atom stereocenters. The number of nitrogens with one attached hydrogen (secondary N) is 1. The molecule has 0 aliphatic carbocycles. The van der Waals surface area contributed by atoms with Gasteiger partial charge >= 0.3 is 0 Å². The number of anilines is 2. The van der Waals surface area contributed by atoms with Gasteiger partial charge in [-0.3, -0.25) is 9.10 Å². The zero-order valence-electron chi connectivity index (χ0n) is 14.9. The van der Waals surface area contributed by atoms with Crippen LogP contribution in [-0.2, 0) is 14.8 Å². The topological polar surface area (TPSA) is 66.5 Å². The second kappa shape index (κ2) is 7.58. The fourth-order valence-corrected chi connectivity index (χ4v) is 4.21. The number of hydrogen-bond acceptors (Lipinski definition) is 3. The average molecular weight is 403 g/mol. The first-order chi connectivity index (χ1) is 12.8. The lowest BCUT2D eigenvalue weighted by Gasteiger charge is -2.28. The van der Waals surface area contributed by atoms with E-state index in [2.05, 4.69) is 5.32 Å². The van der Waals surface area contributed by atoms with Crippen molar-refractivity contribution in [3.63, 3.8) is 0 Å². The Labute approximate surface area is 163 Å². The molecule has 0 bridgehead atoms. The third kappa shape index (κ3) is 4.40. The summed E-state index contributed by atoms with van der Waals surface area (Å²) in [6.07, 6.45) is 1.07. The standard InChI is InChI=1S/C20H19ClN2O3S/c1-14(23(27(2,25)26)19-11-8-17(21)9-12-19)20(24)22-18-10-7-15-5-3-4-6-16(15)13-18/h3-14H,1-2H3,(H,22,24)/t14-/m0/s1. The summed E-state index contributed by atoms with van der Waals surface area (Å²) >= 11 is 5.88. The fraction of sp³-hybridized carbons (Fsp3) is 0.150. The molecule has 0 saturated heterocycles. The number of sulfonamides is 1. The van der Waals surface area contributed by atoms with Gasteiger partial charge < -0.3 is 5.32 Å². The van der Waals surface area contributed by atoms with E-state index in [1.165, 1.54) is 0 Å². The minimum absolute atomic E-state index is 0.378. The Morgan fingerprint density at radius 2 is 1.63 bits per heavy atom. The lowest BCUT2D eigenvalue weighted by Crippen LogP contribution is -2.45. The molecule has 27 heavy (non-hydrogen) atoms. The molecule has 7 heteroatoms. The summed E-state index contributed by atoms with van der Waals surface area (Å²) in [5.41, 5.74) is 0.984. The van der Waals surface area contributed by atoms with Crippen LogP contribution in [0.5, 0.6) is 0 Å². The first-order valence-electron chi connectivity index (χ1n) is 8.30. The van der Waals surface area contributed by atoms with Gasteiger partial charge in [-0.2, -0.15) is 0 Å². The first-order valence-corrected chi connectivity index (χ1v) is 10.5. The molecule has 140 valence electrons. The van der Waals surface area contributed by atoms with E-state index in [1.54, 1.807) is 37.3 Å². The number of halogens is 1. The van der Waals surface area contributed by atoms with Crippen LogP contribution in [0.25, 0.3) is 10.8 Å². The van der Waals surface area contributed by atoms with Crippen LogP contribution < -0.4 is 9.62 Å². The summed E-state index contributed by atoms with van der Waals surface area (Å²) < 4.78 is 25.7. The molecule has 0 aromatic heterocycles. The number of rotatable bonds is 5. The van der Waals surface area contributed by atoms with Crippen molar-refractivity contribution in [2.24, 2.45) is 0 Å². The third-order valence-corrected chi connectivity index (χ3v) is 5.68. The molecule has 0 heterocycles. The van der Waals surface area contributed by atoms with Gasteiger partial charge in [0.15, 0.2) is 0 Å². The number of carbonyl (C=O) groups excluding carboxylic acids is 1. The van der Waals surface area contributed by atoms with Gasteiger partial charge in [-0.05, 0) is 54.1 Å². The van der Waals surface area contributed by atoms with Crippen molar-refractivity contribution >= 4 is 49.7 Å². The molecule has 0 aliphatic heterocycles. The zero-order chi connectivity index (χ0) is 19.6. The zero-order valence-corrected chi connectivity index (χ0v) is 16.5. The van der Waals surface area contributed by atoms with Gasteiger partial charge in [0, 0.05) is 10.7 Å². The minimum atomic E-state index is -3.67. The van der Waals surface area contributed by atoms with Crippen LogP contribution in [0.3, 0.4) is 0 Å². The maximum atomic E-state index is 12.7. The van der Waals surface area contributed by atoms with E-state index in [1.807, 2.05) is 36.4 Å². The average Bonchev–Trinajstić information content (AvgIpc) is 2.62. The van der Waals surface area contributed by atoms with Crippen LogP contribution in [0.2, 0.25) is 5.02 Å². The predicted octanol–water partition coefficient (Wildman–Crippen LogP) is 4.29. The molecule has 3 aromatic rings. The van der Waals surface area contributed by atoms with Crippen molar-refractivity contribution in [3.05, 3.63) is 71.8 Å². The molecule has 3 aromatic carbocycles. The molecular formula is C20H19ClN2O3S. The molecule has 3 rings (SSSR count). The Morgan fingerprint density at radius 3 is 2.26 bits per heavy atom. The van der Waals surface area contributed by atoms with Gasteiger partial charge in [0.05, 0.1) is 11.9 Å². The van der Waals surface area contributed by atoms with Crippen molar-refractivity contribution in [1.29, 1.82) is 0 Å². The number of amides is 1. The van der Waals surface area contributed by atoms with Crippen molar-refractivity contribution in [2.75, 3.05) is 15.9 Å². The first kappa shape index (κ1) is 19.2. The molecule has 1 amide bonds. The molecular weight excluding hydrogens is 384 g/mol. The molecule has 1 atom stereocenters. The van der Waals surface area contributed by atoms with Gasteiger partial charge in [0.1, 0.15) is 6.04 Å². The monoisotopic (exact) mass is 402 g/mol. The van der Waals surface area contributed by atoms with E-state index in [9.17, 15) is 13.2 Å². The largest absolute Gasteiger partial charge is 0.324 e. The van der Waals surface area contributed by atoms with Crippen LogP contribution in [0, 0.1) is 0 Å². The number of nitrogens with zero attached hydrogens (tertiary/aromatic N) is 1. The van der Waals surface area contributed by atoms with Gasteiger partial charge in [0.2, 0.25) is 15.9 Å². The van der Waals surface area contributed by atoms with E-state index in [0.717, 1.165) is 21.3 Å². The predicted molar refractivity (Wildman–Crippen MR) is 111 cm³/mol. The fourth-order valence-electron chi connectivity index (χ4n) is 2.91. The van der Waals surface area contributed by atoms with Crippen LogP contribution in [0.4, 0.5) is 11.4 Å². The molecule has 1 N–H and O–H groups in total. The van der Waals surface area contributed by atoms with Gasteiger partial charge in [0.25, 0.3) is 0 Å². The van der Waals surface area contributed by atoms with Crippen LogP contribution in [0.15, 0.2) is 66.7 Å². The van der Waals surface area contributed by atoms with E-state index < -0.39 is 22.0 Å². The molecule has 0 fully saturated rings. The highest BCUT2D eigenvalue weighted by Crippen LogP contribution is 2.24. The summed E-state index contributed by atoms with van der Waals surface area (Å²) in [5, 5.41) is 5.33. The minimum Gasteiger partial charge on any atom is -0.324 e. The van der Waals surface area contributed by atoms with Gasteiger partial charge in [-0.25, -0.2) is 8.42 Å². The smallest absolute Gasteiger partial charge is 0.247 e. The number of carbonyl (C=O) groups is 1. The Balaban J connectivity index is 1.87. The quantitative estimate of drug-likeness (QED) is 0.692. The van der Waals surface area contributed by atoms with Crippen molar-refractivity contribution in [3.8, 4) is 0 Å². The Kier molecular flexibility index (Phi) is 5.39. The van der Waals surface area contributed by atoms with Crippen molar-refractivity contribution < 1.29 is 13.2 Å². The van der Waals surface area contributed by atoms with Crippen LogP contribution in [-0.4, -0.2) is 26.6 Å². The third-order valence-electron chi connectivity index (χ3n) is 4.19. The maximum absolute atomic E-state index is 12.7. The number of hydrogen-bond donors (Lipinski definition) is 1. The summed E-state index contributed by atoms with van der Waals surface area (Å²) in [5.74, 6) is -0.425. The molecule has 0 spiro atoms. The van der Waals surface area contributed by atoms with Crippen LogP contribution >= 0.6 is 11.6 Å². The van der Waals surface area contributed by atoms with Gasteiger partial charge in [-0.15, -0.1) is 0 Å². The second-order valence-electron chi connectivity index (χ2n) is 6.26. The Morgan fingerprint density at radius 1 is 1.00 bits per heavy atom. The van der Waals surface area contributed by atoms with E-state index in [4.69, 9.17) is 11.6 Å². The van der Waals surface area contributed by atoms with Crippen molar-refractivity contribution in [2.45, 2.75) is 13.0 Å². The van der Waals surface area contributed by atoms with E-state index >= 15 is 0 Å². The highest BCUT2D eigenvalue weighted by molar-refractivity contribution is 7.92. The Bertz CT molecular complexity index is 1080. The van der Waals surface area contributed by atoms with Gasteiger partial charge in [-0.1, -0.05) is 41.9 Å². The molecule has 0 radical (unpaired) electrons. The normalized spacial score (nSPS) is 12.6.